The number of piperidine rings is 1. The first kappa shape index (κ1) is 20.7. The molecule has 1 amide bonds. The van der Waals surface area contributed by atoms with Gasteiger partial charge in [0.05, 0.1) is 0 Å². The summed E-state index contributed by atoms with van der Waals surface area (Å²) in [5.74, 6) is 0.604. The number of rotatable bonds is 7. The van der Waals surface area contributed by atoms with E-state index in [0.29, 0.717) is 37.2 Å². The van der Waals surface area contributed by atoms with Crippen LogP contribution in [0.2, 0.25) is 0 Å². The Hall–Kier alpha value is -1.64. The Kier molecular flexibility index (Phi) is 7.02. The maximum atomic E-state index is 12.1. The van der Waals surface area contributed by atoms with Crippen LogP contribution < -0.4 is 10.1 Å². The molecule has 1 aliphatic rings. The van der Waals surface area contributed by atoms with E-state index in [1.807, 2.05) is 13.8 Å². The van der Waals surface area contributed by atoms with Crippen LogP contribution in [0.5, 0.6) is 5.75 Å². The number of amides is 1. The maximum Gasteiger partial charge on any atom is 0.281 e. The first-order chi connectivity index (χ1) is 12.2. The summed E-state index contributed by atoms with van der Waals surface area (Å²) in [6.07, 6.45) is 2.14. The molecule has 1 aliphatic heterocycles. The Balaban J connectivity index is 1.88. The van der Waals surface area contributed by atoms with Gasteiger partial charge in [0.15, 0.2) is 0 Å². The minimum Gasteiger partial charge on any atom is -0.490 e. The van der Waals surface area contributed by atoms with Crippen LogP contribution in [0, 0.1) is 0 Å². The van der Waals surface area contributed by atoms with Crippen molar-refractivity contribution in [2.24, 2.45) is 0 Å². The van der Waals surface area contributed by atoms with Crippen LogP contribution in [0.4, 0.5) is 0 Å². The van der Waals surface area contributed by atoms with Gasteiger partial charge in [0.2, 0.25) is 0 Å². The van der Waals surface area contributed by atoms with Crippen molar-refractivity contribution >= 4 is 16.1 Å². The van der Waals surface area contributed by atoms with Crippen molar-refractivity contribution in [1.82, 2.24) is 13.9 Å². The highest BCUT2D eigenvalue weighted by Crippen LogP contribution is 2.21. The van der Waals surface area contributed by atoms with Crippen molar-refractivity contribution in [2.75, 3.05) is 27.2 Å². The van der Waals surface area contributed by atoms with Crippen LogP contribution in [-0.4, -0.2) is 62.3 Å². The minimum absolute atomic E-state index is 0.0246. The van der Waals surface area contributed by atoms with E-state index in [1.165, 1.54) is 22.7 Å². The van der Waals surface area contributed by atoms with Crippen LogP contribution in [0.3, 0.4) is 0 Å². The zero-order valence-corrected chi connectivity index (χ0v) is 16.8. The van der Waals surface area contributed by atoms with E-state index in [-0.39, 0.29) is 18.1 Å². The number of nitrogens with one attached hydrogen (secondary N) is 1. The van der Waals surface area contributed by atoms with Gasteiger partial charge in [-0.05, 0) is 50.5 Å². The van der Waals surface area contributed by atoms with Gasteiger partial charge in [-0.15, -0.1) is 0 Å². The van der Waals surface area contributed by atoms with Crippen molar-refractivity contribution in [3.8, 4) is 5.75 Å². The zero-order valence-electron chi connectivity index (χ0n) is 15.9. The predicted molar refractivity (Wildman–Crippen MR) is 101 cm³/mol. The molecule has 8 heteroatoms. The monoisotopic (exact) mass is 383 g/mol. The third-order valence-corrected chi connectivity index (χ3v) is 6.54. The Morgan fingerprint density at radius 2 is 1.85 bits per heavy atom. The molecule has 1 saturated heterocycles. The topological polar surface area (TPSA) is 79.0 Å². The van der Waals surface area contributed by atoms with Gasteiger partial charge in [0, 0.05) is 38.8 Å². The van der Waals surface area contributed by atoms with Crippen molar-refractivity contribution in [1.29, 1.82) is 0 Å². The second-order valence-electron chi connectivity index (χ2n) is 6.81. The lowest BCUT2D eigenvalue weighted by Crippen LogP contribution is -2.46. The average Bonchev–Trinajstić information content (AvgIpc) is 2.62. The lowest BCUT2D eigenvalue weighted by Gasteiger charge is -2.32. The second kappa shape index (κ2) is 8.83. The normalized spacial score (nSPS) is 17.9. The molecule has 1 N–H and O–H groups in total. The number of benzene rings is 1. The SMILES string of the molecule is CCC(C)NC(=O)c1ccc(OC2CCN(S(=O)(=O)N(C)C)CC2)cc1. The maximum absolute atomic E-state index is 12.1. The first-order valence-electron chi connectivity index (χ1n) is 8.99. The summed E-state index contributed by atoms with van der Waals surface area (Å²) in [6.45, 7) is 4.89. The summed E-state index contributed by atoms with van der Waals surface area (Å²) in [5.41, 5.74) is 0.601. The van der Waals surface area contributed by atoms with Gasteiger partial charge in [-0.25, -0.2) is 0 Å². The number of hydrogen-bond acceptors (Lipinski definition) is 4. The fourth-order valence-corrected chi connectivity index (χ4v) is 3.83. The summed E-state index contributed by atoms with van der Waals surface area (Å²) < 4.78 is 32.9. The molecule has 0 aliphatic carbocycles. The van der Waals surface area contributed by atoms with E-state index in [1.54, 1.807) is 24.3 Å². The Morgan fingerprint density at radius 3 is 2.35 bits per heavy atom. The van der Waals surface area contributed by atoms with Crippen LogP contribution >= 0.6 is 0 Å². The quantitative estimate of drug-likeness (QED) is 0.780. The largest absolute Gasteiger partial charge is 0.490 e. The molecule has 2 rings (SSSR count). The van der Waals surface area contributed by atoms with Crippen molar-refractivity contribution in [3.63, 3.8) is 0 Å². The fraction of sp³-hybridized carbons (Fsp3) is 0.611. The molecule has 1 aromatic carbocycles. The third-order valence-electron chi connectivity index (χ3n) is 4.60. The van der Waals surface area contributed by atoms with E-state index < -0.39 is 10.2 Å². The number of hydrogen-bond donors (Lipinski definition) is 1. The molecule has 1 fully saturated rings. The van der Waals surface area contributed by atoms with Crippen LogP contribution in [0.1, 0.15) is 43.5 Å². The van der Waals surface area contributed by atoms with E-state index in [2.05, 4.69) is 5.32 Å². The molecule has 0 saturated carbocycles. The van der Waals surface area contributed by atoms with Crippen LogP contribution in [-0.2, 0) is 10.2 Å². The van der Waals surface area contributed by atoms with E-state index in [9.17, 15) is 13.2 Å². The van der Waals surface area contributed by atoms with Crippen molar-refractivity contribution in [2.45, 2.75) is 45.3 Å². The molecule has 146 valence electrons. The molecule has 1 atom stereocenters. The molecule has 0 bridgehead atoms. The molecule has 1 aromatic rings. The molecule has 0 aromatic heterocycles. The number of ether oxygens (including phenoxy) is 1. The molecular weight excluding hydrogens is 354 g/mol. The van der Waals surface area contributed by atoms with Crippen molar-refractivity contribution < 1.29 is 17.9 Å². The highest BCUT2D eigenvalue weighted by Gasteiger charge is 2.30. The lowest BCUT2D eigenvalue weighted by molar-refractivity contribution is 0.0939. The molecule has 0 radical (unpaired) electrons. The summed E-state index contributed by atoms with van der Waals surface area (Å²) in [6, 6.07) is 7.21. The summed E-state index contributed by atoms with van der Waals surface area (Å²) in [7, 11) is -0.280. The molecule has 7 nitrogen and oxygen atoms in total. The zero-order chi connectivity index (χ0) is 19.3. The minimum atomic E-state index is -3.36. The van der Waals surface area contributed by atoms with Crippen LogP contribution in [0.15, 0.2) is 24.3 Å². The van der Waals surface area contributed by atoms with E-state index >= 15 is 0 Å². The molecule has 26 heavy (non-hydrogen) atoms. The Morgan fingerprint density at radius 1 is 1.27 bits per heavy atom. The standard InChI is InChI=1S/C18H29N3O4S/c1-5-14(2)19-18(22)15-6-8-16(9-7-15)25-17-10-12-21(13-11-17)26(23,24)20(3)4/h6-9,14,17H,5,10-13H2,1-4H3,(H,19,22). The van der Waals surface area contributed by atoms with Gasteiger partial charge in [0.25, 0.3) is 16.1 Å². The van der Waals surface area contributed by atoms with Crippen LogP contribution in [0.25, 0.3) is 0 Å². The molecule has 1 heterocycles. The van der Waals surface area contributed by atoms with Crippen molar-refractivity contribution in [3.05, 3.63) is 29.8 Å². The van der Waals surface area contributed by atoms with Gasteiger partial charge in [-0.1, -0.05) is 6.92 Å². The van der Waals surface area contributed by atoms with Gasteiger partial charge < -0.3 is 10.1 Å². The van der Waals surface area contributed by atoms with Gasteiger partial charge in [-0.2, -0.15) is 17.0 Å². The highest BCUT2D eigenvalue weighted by atomic mass is 32.2. The smallest absolute Gasteiger partial charge is 0.281 e. The molecule has 0 spiro atoms. The van der Waals surface area contributed by atoms with Gasteiger partial charge in [-0.3, -0.25) is 4.79 Å². The number of carbonyl (C=O) groups is 1. The number of nitrogens with zero attached hydrogens (tertiary/aromatic N) is 2. The summed E-state index contributed by atoms with van der Waals surface area (Å²) in [4.78, 5) is 12.1. The molecule has 1 unspecified atom stereocenters. The highest BCUT2D eigenvalue weighted by molar-refractivity contribution is 7.86. The molecular formula is C18H29N3O4S. The van der Waals surface area contributed by atoms with E-state index in [0.717, 1.165) is 6.42 Å². The van der Waals surface area contributed by atoms with Gasteiger partial charge >= 0.3 is 0 Å². The lowest BCUT2D eigenvalue weighted by atomic mass is 10.1. The predicted octanol–water partition coefficient (Wildman–Crippen LogP) is 1.86. The van der Waals surface area contributed by atoms with E-state index in [4.69, 9.17) is 4.74 Å². The van der Waals surface area contributed by atoms with Gasteiger partial charge in [0.1, 0.15) is 11.9 Å². The number of carbonyl (C=O) groups excluding carboxylic acids is 1. The second-order valence-corrected chi connectivity index (χ2v) is 8.96. The third kappa shape index (κ3) is 5.18. The Labute approximate surface area is 156 Å². The Bertz CT molecular complexity index is 696. The summed E-state index contributed by atoms with van der Waals surface area (Å²) >= 11 is 0. The average molecular weight is 384 g/mol. The fourth-order valence-electron chi connectivity index (χ4n) is 2.70. The summed E-state index contributed by atoms with van der Waals surface area (Å²) in [5, 5.41) is 2.93. The first-order valence-corrected chi connectivity index (χ1v) is 10.4.